The summed E-state index contributed by atoms with van der Waals surface area (Å²) in [5.41, 5.74) is 6.99. The Balaban J connectivity index is 1.78. The van der Waals surface area contributed by atoms with Gasteiger partial charge in [0.1, 0.15) is 11.3 Å². The lowest BCUT2D eigenvalue weighted by Gasteiger charge is -2.16. The summed E-state index contributed by atoms with van der Waals surface area (Å²) in [4.78, 5) is 9.59. The van der Waals surface area contributed by atoms with Crippen molar-refractivity contribution in [1.29, 1.82) is 0 Å². The van der Waals surface area contributed by atoms with Crippen LogP contribution >= 0.6 is 0 Å². The number of aromatic nitrogens is 3. The van der Waals surface area contributed by atoms with Gasteiger partial charge in [-0.25, -0.2) is 9.97 Å². The first-order valence-corrected chi connectivity index (χ1v) is 8.31. The quantitative estimate of drug-likeness (QED) is 0.948. The van der Waals surface area contributed by atoms with Crippen molar-refractivity contribution in [3.63, 3.8) is 0 Å². The summed E-state index contributed by atoms with van der Waals surface area (Å²) < 4.78 is 2.27. The minimum absolute atomic E-state index is 0.395. The number of pyridine rings is 1. The molecule has 4 nitrogen and oxygen atoms in total. The Bertz CT molecular complexity index is 867. The zero-order chi connectivity index (χ0) is 16.0. The van der Waals surface area contributed by atoms with Crippen molar-refractivity contribution in [1.82, 2.24) is 19.9 Å². The van der Waals surface area contributed by atoms with Crippen molar-refractivity contribution in [2.75, 3.05) is 6.54 Å². The maximum atomic E-state index is 4.83. The monoisotopic (exact) mass is 306 g/mol. The van der Waals surface area contributed by atoms with Crippen LogP contribution in [-0.2, 0) is 13.0 Å². The van der Waals surface area contributed by atoms with E-state index < -0.39 is 0 Å². The van der Waals surface area contributed by atoms with Gasteiger partial charge in [-0.15, -0.1) is 0 Å². The fourth-order valence-electron chi connectivity index (χ4n) is 3.52. The number of nitrogens with zero attached hydrogens (tertiary/aromatic N) is 3. The van der Waals surface area contributed by atoms with Gasteiger partial charge in [-0.1, -0.05) is 31.2 Å². The second-order valence-electron chi connectivity index (χ2n) is 6.39. The lowest BCUT2D eigenvalue weighted by molar-refractivity contribution is 0.728. The van der Waals surface area contributed by atoms with Gasteiger partial charge in [-0.3, -0.25) is 0 Å². The van der Waals surface area contributed by atoms with Crippen LogP contribution < -0.4 is 5.32 Å². The molecule has 1 N–H and O–H groups in total. The molecule has 4 heteroatoms. The highest BCUT2D eigenvalue weighted by atomic mass is 15.1. The van der Waals surface area contributed by atoms with Crippen molar-refractivity contribution in [3.05, 3.63) is 58.6 Å². The number of allylic oxidation sites excluding steroid dienone is 2. The zero-order valence-corrected chi connectivity index (χ0v) is 13.9. The molecule has 1 aliphatic heterocycles. The molecule has 1 unspecified atom stereocenters. The predicted molar refractivity (Wildman–Crippen MR) is 93.5 cm³/mol. The molecule has 118 valence electrons. The first-order chi connectivity index (χ1) is 11.2. The van der Waals surface area contributed by atoms with Gasteiger partial charge in [0.2, 0.25) is 0 Å². The van der Waals surface area contributed by atoms with Crippen molar-refractivity contribution in [2.45, 2.75) is 39.8 Å². The van der Waals surface area contributed by atoms with E-state index in [-0.39, 0.29) is 0 Å². The lowest BCUT2D eigenvalue weighted by Crippen LogP contribution is -2.23. The molecule has 0 radical (unpaired) electrons. The van der Waals surface area contributed by atoms with E-state index in [1.165, 1.54) is 16.7 Å². The Kier molecular flexibility index (Phi) is 3.42. The molecule has 2 aromatic heterocycles. The smallest absolute Gasteiger partial charge is 0.160 e. The number of fused-ring (bicyclic) bond motifs is 2. The van der Waals surface area contributed by atoms with Gasteiger partial charge >= 0.3 is 0 Å². The van der Waals surface area contributed by atoms with Gasteiger partial charge in [0.05, 0.1) is 12.6 Å². The van der Waals surface area contributed by atoms with Crippen molar-refractivity contribution >= 4 is 11.2 Å². The highest BCUT2D eigenvalue weighted by Gasteiger charge is 2.19. The fourth-order valence-corrected chi connectivity index (χ4v) is 3.52. The van der Waals surface area contributed by atoms with Crippen LogP contribution in [-0.4, -0.2) is 27.1 Å². The van der Waals surface area contributed by atoms with Crippen molar-refractivity contribution in [3.8, 4) is 0 Å². The van der Waals surface area contributed by atoms with Crippen LogP contribution in [0.4, 0.5) is 0 Å². The minimum atomic E-state index is 0.395. The summed E-state index contributed by atoms with van der Waals surface area (Å²) in [5, 5.41) is 3.45. The van der Waals surface area contributed by atoms with Crippen molar-refractivity contribution < 1.29 is 0 Å². The topological polar surface area (TPSA) is 42.7 Å². The molecule has 0 saturated carbocycles. The molecule has 2 aromatic rings. The molecule has 1 atom stereocenters. The number of hydrogen-bond donors (Lipinski definition) is 1. The summed E-state index contributed by atoms with van der Waals surface area (Å²) in [7, 11) is 0. The van der Waals surface area contributed by atoms with E-state index in [1.807, 2.05) is 0 Å². The maximum Gasteiger partial charge on any atom is 0.160 e. The summed E-state index contributed by atoms with van der Waals surface area (Å²) >= 11 is 0. The Hall–Kier alpha value is -2.20. The first kappa shape index (κ1) is 14.4. The van der Waals surface area contributed by atoms with Crippen molar-refractivity contribution in [2.24, 2.45) is 0 Å². The third kappa shape index (κ3) is 2.43. The van der Waals surface area contributed by atoms with Crippen LogP contribution in [0.5, 0.6) is 0 Å². The maximum absolute atomic E-state index is 4.83. The molecule has 1 aliphatic carbocycles. The van der Waals surface area contributed by atoms with Crippen LogP contribution in [0.1, 0.15) is 24.0 Å². The van der Waals surface area contributed by atoms with Crippen LogP contribution in [0.2, 0.25) is 0 Å². The van der Waals surface area contributed by atoms with E-state index >= 15 is 0 Å². The molecule has 0 fully saturated rings. The third-order valence-corrected chi connectivity index (χ3v) is 4.65. The summed E-state index contributed by atoms with van der Waals surface area (Å²) in [6.07, 6.45) is 9.97. The van der Waals surface area contributed by atoms with E-state index in [0.29, 0.717) is 6.04 Å². The molecule has 0 amide bonds. The highest BCUT2D eigenvalue weighted by molar-refractivity contribution is 5.76. The molecule has 0 saturated heterocycles. The van der Waals surface area contributed by atoms with Gasteiger partial charge in [0.25, 0.3) is 0 Å². The molecule has 0 aromatic carbocycles. The van der Waals surface area contributed by atoms with E-state index in [9.17, 15) is 0 Å². The first-order valence-electron chi connectivity index (χ1n) is 8.31. The number of aryl methyl sites for hydroxylation is 3. The minimum Gasteiger partial charge on any atom is -0.308 e. The Labute approximate surface area is 136 Å². The molecular weight excluding hydrogens is 284 g/mol. The molecule has 2 aliphatic rings. The van der Waals surface area contributed by atoms with Gasteiger partial charge in [0.15, 0.2) is 5.65 Å². The average Bonchev–Trinajstić information content (AvgIpc) is 3.12. The molecule has 0 spiro atoms. The second-order valence-corrected chi connectivity index (χ2v) is 6.39. The van der Waals surface area contributed by atoms with E-state index in [2.05, 4.69) is 61.0 Å². The van der Waals surface area contributed by atoms with Crippen LogP contribution in [0.3, 0.4) is 0 Å². The second kappa shape index (κ2) is 5.46. The van der Waals surface area contributed by atoms with Gasteiger partial charge in [-0.2, -0.15) is 0 Å². The van der Waals surface area contributed by atoms with E-state index in [1.54, 1.807) is 0 Å². The SMILES string of the molecule is CCc1nc2c(C)cc(C)nc2n1CC1=CC2=CCNC2C=C1. The molecule has 23 heavy (non-hydrogen) atoms. The standard InChI is InChI=1S/C19H22N4/c1-4-17-22-18-12(2)9-13(3)21-19(18)23(17)11-14-5-6-16-15(10-14)7-8-20-16/h5-7,9-10,16,20H,4,8,11H2,1-3H3. The predicted octanol–water partition coefficient (Wildman–Crippen LogP) is 3.00. The van der Waals surface area contributed by atoms with E-state index in [4.69, 9.17) is 9.97 Å². The fraction of sp³-hybridized carbons (Fsp3) is 0.368. The summed E-state index contributed by atoms with van der Waals surface area (Å²) in [6.45, 7) is 8.12. The Morgan fingerprint density at radius 3 is 3.00 bits per heavy atom. The lowest BCUT2D eigenvalue weighted by atomic mass is 9.99. The molecule has 4 rings (SSSR count). The van der Waals surface area contributed by atoms with E-state index in [0.717, 1.165) is 42.2 Å². The number of imidazole rings is 1. The number of rotatable bonds is 3. The zero-order valence-electron chi connectivity index (χ0n) is 13.9. The van der Waals surface area contributed by atoms with Gasteiger partial charge < -0.3 is 9.88 Å². The van der Waals surface area contributed by atoms with Crippen LogP contribution in [0.25, 0.3) is 11.2 Å². The molecule has 3 heterocycles. The van der Waals surface area contributed by atoms with Gasteiger partial charge in [-0.05, 0) is 36.6 Å². The normalized spacial score (nSPS) is 19.9. The van der Waals surface area contributed by atoms with Crippen LogP contribution in [0.15, 0.2) is 41.5 Å². The number of nitrogens with one attached hydrogen (secondary N) is 1. The average molecular weight is 306 g/mol. The Morgan fingerprint density at radius 2 is 2.17 bits per heavy atom. The third-order valence-electron chi connectivity index (χ3n) is 4.65. The van der Waals surface area contributed by atoms with Crippen LogP contribution in [0, 0.1) is 13.8 Å². The number of hydrogen-bond acceptors (Lipinski definition) is 3. The largest absolute Gasteiger partial charge is 0.308 e. The molecule has 0 bridgehead atoms. The molecular formula is C19H22N4. The van der Waals surface area contributed by atoms with Gasteiger partial charge in [0, 0.05) is 18.7 Å². The summed E-state index contributed by atoms with van der Waals surface area (Å²) in [6, 6.07) is 2.50. The summed E-state index contributed by atoms with van der Waals surface area (Å²) in [5.74, 6) is 1.11. The highest BCUT2D eigenvalue weighted by Crippen LogP contribution is 2.24. The Morgan fingerprint density at radius 1 is 1.30 bits per heavy atom.